The molecule has 2 radical (unpaired) electrons. The molecule has 1 saturated heterocycles. The maximum absolute atomic E-state index is 11.6. The molecule has 0 aliphatic carbocycles. The van der Waals surface area contributed by atoms with Crippen molar-refractivity contribution in [1.82, 2.24) is 0 Å². The molecule has 5 N–H and O–H groups in total. The van der Waals surface area contributed by atoms with Crippen molar-refractivity contribution < 1.29 is 24.3 Å². The topological polar surface area (TPSA) is 125 Å². The number of hydrogen-bond acceptors (Lipinski definition) is 4. The first-order valence-corrected chi connectivity index (χ1v) is 9.26. The van der Waals surface area contributed by atoms with Gasteiger partial charge in [0, 0.05) is 0 Å². The van der Waals surface area contributed by atoms with Crippen molar-refractivity contribution in [2.75, 3.05) is 0 Å². The van der Waals surface area contributed by atoms with E-state index < -0.39 is 36.5 Å². The Morgan fingerprint density at radius 1 is 1.14 bits per heavy atom. The van der Waals surface area contributed by atoms with Gasteiger partial charge in [0.15, 0.2) is 0 Å². The van der Waals surface area contributed by atoms with Gasteiger partial charge in [-0.3, -0.25) is 0 Å². The molecule has 14 heavy (non-hydrogen) atoms. The summed E-state index contributed by atoms with van der Waals surface area (Å²) in [5.74, 6) is 0.157. The van der Waals surface area contributed by atoms with Gasteiger partial charge in [-0.05, 0) is 0 Å². The molecule has 0 saturated carbocycles. The molecule has 0 unspecified atom stereocenters. The van der Waals surface area contributed by atoms with Gasteiger partial charge in [0.05, 0.1) is 0 Å². The van der Waals surface area contributed by atoms with Gasteiger partial charge >= 0.3 is 84.2 Å². The number of aromatic hydroxyl groups is 1. The quantitative estimate of drug-likeness (QED) is 0.515. The Morgan fingerprint density at radius 3 is 2.00 bits per heavy atom. The zero-order chi connectivity index (χ0) is 8.60. The standard InChI is InChI=1S/C6H6AsO4.2H2O.Sn/c8-6-3-1-5(2-4-6)7(9,10)11;;;/h1-4,7-8H;2*1H2;/q-3;;;+2. The zero-order valence-electron chi connectivity index (χ0n) is 6.98. The summed E-state index contributed by atoms with van der Waals surface area (Å²) in [7, 11) is 0. The van der Waals surface area contributed by atoms with Crippen LogP contribution in [0.1, 0.15) is 0 Å². The summed E-state index contributed by atoms with van der Waals surface area (Å²) in [5.41, 5.74) is 0. The van der Waals surface area contributed by atoms with Crippen LogP contribution in [0.2, 0.25) is 0 Å². The van der Waals surface area contributed by atoms with Gasteiger partial charge in [0.25, 0.3) is 0 Å². The van der Waals surface area contributed by atoms with Gasteiger partial charge in [-0.1, -0.05) is 0 Å². The van der Waals surface area contributed by atoms with Gasteiger partial charge in [0.2, 0.25) is 0 Å². The first kappa shape index (κ1) is 14.2. The number of benzene rings is 1. The molecule has 1 heterocycles. The van der Waals surface area contributed by atoms with Gasteiger partial charge in [-0.15, -0.1) is 0 Å². The molecule has 0 bridgehead atoms. The van der Waals surface area contributed by atoms with E-state index in [4.69, 9.17) is 9.23 Å². The molecule has 6 nitrogen and oxygen atoms in total. The Balaban J connectivity index is 0.000000845. The first-order valence-electron chi connectivity index (χ1n) is 3.32. The minimum atomic E-state index is -3.67. The summed E-state index contributed by atoms with van der Waals surface area (Å²) < 4.78 is 22.3. The van der Waals surface area contributed by atoms with Crippen LogP contribution in [-0.2, 0) is 4.13 Å². The van der Waals surface area contributed by atoms with Crippen molar-refractivity contribution >= 4 is 40.9 Å². The molecule has 1 aromatic rings. The number of phenolic OH excluding ortho intramolecular Hbond substituents is 1. The van der Waals surface area contributed by atoms with Crippen molar-refractivity contribution in [1.29, 1.82) is 0 Å². The molecule has 8 heteroatoms. The Labute approximate surface area is 94.9 Å². The summed E-state index contributed by atoms with van der Waals surface area (Å²) in [6.07, 6.45) is 0. The Bertz CT molecular complexity index is 287. The van der Waals surface area contributed by atoms with E-state index in [9.17, 15) is 4.10 Å². The molecule has 1 fully saturated rings. The molecular weight excluding hydrogens is 362 g/mol. The number of phenols is 1. The molecule has 0 amide bonds. The predicted molar refractivity (Wildman–Crippen MR) is 50.0 cm³/mol. The van der Waals surface area contributed by atoms with Gasteiger partial charge < -0.3 is 11.0 Å². The number of rotatable bonds is 1. The van der Waals surface area contributed by atoms with Gasteiger partial charge in [-0.2, -0.15) is 0 Å². The van der Waals surface area contributed by atoms with Crippen LogP contribution in [0.25, 0.3) is 0 Å². The molecule has 1 aliphatic rings. The molecule has 0 atom stereocenters. The fourth-order valence-corrected chi connectivity index (χ4v) is 10.1. The summed E-state index contributed by atoms with van der Waals surface area (Å²) in [6.45, 7) is 0. The average Bonchev–Trinajstić information content (AvgIpc) is 2.02. The molecule has 1 aromatic carbocycles. The van der Waals surface area contributed by atoms with Crippen LogP contribution in [0.4, 0.5) is 0 Å². The van der Waals surface area contributed by atoms with Crippen LogP contribution in [0.3, 0.4) is 0 Å². The zero-order valence-corrected chi connectivity index (χ0v) is 11.9. The van der Waals surface area contributed by atoms with E-state index in [2.05, 4.69) is 0 Å². The van der Waals surface area contributed by atoms with Crippen LogP contribution < -0.4 is 8.45 Å². The van der Waals surface area contributed by atoms with E-state index in [0.717, 1.165) is 0 Å². The second kappa shape index (κ2) is 5.31. The molecule has 0 aromatic heterocycles. The summed E-state index contributed by atoms with van der Waals surface area (Å²) in [5, 5.41) is 8.96. The van der Waals surface area contributed by atoms with E-state index in [1.54, 1.807) is 12.1 Å². The van der Waals surface area contributed by atoms with Gasteiger partial charge in [-0.25, -0.2) is 0 Å². The SMILES string of the molecule is O.O.[O-][AsH]1(c2ccc(O)cc2)[O][Sn][O]1. The fourth-order valence-electron chi connectivity index (χ4n) is 0.901. The van der Waals surface area contributed by atoms with E-state index in [1.807, 2.05) is 0 Å². The minimum absolute atomic E-state index is 0. The van der Waals surface area contributed by atoms with E-state index in [0.29, 0.717) is 4.35 Å². The van der Waals surface area contributed by atoms with Crippen molar-refractivity contribution in [2.24, 2.45) is 0 Å². The van der Waals surface area contributed by atoms with Crippen LogP contribution in [0.15, 0.2) is 24.3 Å². The summed E-state index contributed by atoms with van der Waals surface area (Å²) >= 11 is -4.85. The molecular formula is C6H10AsO6Sn-. The van der Waals surface area contributed by atoms with Crippen molar-refractivity contribution in [3.8, 4) is 5.75 Å². The van der Waals surface area contributed by atoms with Crippen LogP contribution in [0, 0.1) is 0 Å². The Kier molecular flexibility index (Phi) is 5.38. The molecule has 1 aliphatic heterocycles. The van der Waals surface area contributed by atoms with Crippen LogP contribution in [0.5, 0.6) is 5.75 Å². The summed E-state index contributed by atoms with van der Waals surface area (Å²) in [6, 6.07) is 6.13. The molecule has 2 rings (SSSR count). The third-order valence-electron chi connectivity index (χ3n) is 1.57. The molecule has 0 spiro atoms. The third-order valence-corrected chi connectivity index (χ3v) is 15.7. The first-order chi connectivity index (χ1) is 5.71. The van der Waals surface area contributed by atoms with E-state index >= 15 is 0 Å². The van der Waals surface area contributed by atoms with Crippen molar-refractivity contribution in [3.63, 3.8) is 0 Å². The van der Waals surface area contributed by atoms with E-state index in [-0.39, 0.29) is 16.7 Å². The fraction of sp³-hybridized carbons (Fsp3) is 0. The van der Waals surface area contributed by atoms with Crippen molar-refractivity contribution in [3.05, 3.63) is 24.3 Å². The Hall–Kier alpha value is 0.177. The summed E-state index contributed by atoms with van der Waals surface area (Å²) in [4.78, 5) is 0. The van der Waals surface area contributed by atoms with Crippen LogP contribution in [-0.4, -0.2) is 52.6 Å². The van der Waals surface area contributed by atoms with Crippen LogP contribution >= 0.6 is 0 Å². The average molecular weight is 372 g/mol. The monoisotopic (exact) mass is 373 g/mol. The second-order valence-electron chi connectivity index (χ2n) is 2.39. The third kappa shape index (κ3) is 2.60. The van der Waals surface area contributed by atoms with Crippen molar-refractivity contribution in [2.45, 2.75) is 0 Å². The normalized spacial score (nSPS) is 19.5. The van der Waals surface area contributed by atoms with E-state index in [1.165, 1.54) is 12.1 Å². The predicted octanol–water partition coefficient (Wildman–Crippen LogP) is -3.44. The number of hydrogen-bond donors (Lipinski definition) is 1. The second-order valence-corrected chi connectivity index (χ2v) is 13.3. The maximum atomic E-state index is 11.6. The molecule has 80 valence electrons. The Morgan fingerprint density at radius 2 is 1.64 bits per heavy atom. The van der Waals surface area contributed by atoms with Gasteiger partial charge in [0.1, 0.15) is 0 Å².